The topological polar surface area (TPSA) is 45.2 Å². The molecule has 1 aromatic carbocycles. The van der Waals surface area contributed by atoms with Gasteiger partial charge in [-0.1, -0.05) is 6.07 Å². The van der Waals surface area contributed by atoms with Gasteiger partial charge in [-0.2, -0.15) is 0 Å². The number of amides is 1. The first-order chi connectivity index (χ1) is 9.63. The average Bonchev–Trinajstić information content (AvgIpc) is 2.47. The summed E-state index contributed by atoms with van der Waals surface area (Å²) >= 11 is 0. The highest BCUT2D eigenvalue weighted by atomic mass is 16.2. The van der Waals surface area contributed by atoms with Gasteiger partial charge in [-0.25, -0.2) is 4.98 Å². The summed E-state index contributed by atoms with van der Waals surface area (Å²) in [5.41, 5.74) is 2.68. The summed E-state index contributed by atoms with van der Waals surface area (Å²) in [4.78, 5) is 18.3. The molecule has 2 aromatic rings. The first-order valence-corrected chi connectivity index (χ1v) is 6.67. The number of aryl methyl sites for hydroxylation is 1. The first kappa shape index (κ1) is 14.1. The Bertz CT molecular complexity index is 596. The lowest BCUT2D eigenvalue weighted by atomic mass is 10.1. The van der Waals surface area contributed by atoms with Gasteiger partial charge in [0.15, 0.2) is 0 Å². The van der Waals surface area contributed by atoms with E-state index in [1.54, 1.807) is 18.1 Å². The maximum Gasteiger partial charge on any atom is 0.259 e. The Kier molecular flexibility index (Phi) is 4.35. The third-order valence-electron chi connectivity index (χ3n) is 3.14. The predicted octanol–water partition coefficient (Wildman–Crippen LogP) is 3.10. The van der Waals surface area contributed by atoms with Crippen LogP contribution in [-0.4, -0.2) is 24.5 Å². The van der Waals surface area contributed by atoms with Gasteiger partial charge in [0.1, 0.15) is 5.82 Å². The van der Waals surface area contributed by atoms with Gasteiger partial charge in [0.2, 0.25) is 0 Å². The monoisotopic (exact) mass is 269 g/mol. The maximum atomic E-state index is 12.5. The molecule has 0 aliphatic carbocycles. The van der Waals surface area contributed by atoms with E-state index >= 15 is 0 Å². The Balaban J connectivity index is 2.25. The molecular weight excluding hydrogens is 250 g/mol. The Morgan fingerprint density at radius 2 is 2.10 bits per heavy atom. The van der Waals surface area contributed by atoms with Crippen LogP contribution in [0.1, 0.15) is 22.8 Å². The highest BCUT2D eigenvalue weighted by molar-refractivity contribution is 6.06. The van der Waals surface area contributed by atoms with Crippen molar-refractivity contribution in [3.63, 3.8) is 0 Å². The second-order valence-corrected chi connectivity index (χ2v) is 4.61. The third-order valence-corrected chi connectivity index (χ3v) is 3.14. The molecule has 1 aromatic heterocycles. The van der Waals surface area contributed by atoms with Crippen LogP contribution >= 0.6 is 0 Å². The molecule has 4 nitrogen and oxygen atoms in total. The lowest BCUT2D eigenvalue weighted by molar-refractivity contribution is 0.0992. The van der Waals surface area contributed by atoms with Gasteiger partial charge >= 0.3 is 0 Å². The largest absolute Gasteiger partial charge is 0.385 e. The summed E-state index contributed by atoms with van der Waals surface area (Å²) < 4.78 is 0. The van der Waals surface area contributed by atoms with Crippen LogP contribution in [0.4, 0.5) is 11.5 Å². The molecule has 0 saturated heterocycles. The van der Waals surface area contributed by atoms with E-state index in [2.05, 4.69) is 10.3 Å². The quantitative estimate of drug-likeness (QED) is 0.927. The molecule has 1 amide bonds. The standard InChI is InChI=1S/C16H19N3O/c1-4-17-13-8-9-14(12(2)11-13)16(20)19(3)15-7-5-6-10-18-15/h5-11,17H,4H2,1-3H3. The molecule has 1 N–H and O–H groups in total. The molecule has 0 aliphatic heterocycles. The molecule has 0 radical (unpaired) electrons. The Labute approximate surface area is 119 Å². The fourth-order valence-corrected chi connectivity index (χ4v) is 2.05. The van der Waals surface area contributed by atoms with Crippen LogP contribution in [0.15, 0.2) is 42.6 Å². The number of benzene rings is 1. The number of hydrogen-bond acceptors (Lipinski definition) is 3. The molecule has 0 fully saturated rings. The molecule has 0 unspecified atom stereocenters. The summed E-state index contributed by atoms with van der Waals surface area (Å²) in [6.07, 6.45) is 1.68. The van der Waals surface area contributed by atoms with E-state index in [-0.39, 0.29) is 5.91 Å². The number of nitrogens with one attached hydrogen (secondary N) is 1. The van der Waals surface area contributed by atoms with Crippen LogP contribution in [0.3, 0.4) is 0 Å². The Morgan fingerprint density at radius 1 is 1.30 bits per heavy atom. The number of nitrogens with zero attached hydrogens (tertiary/aromatic N) is 2. The van der Waals surface area contributed by atoms with Crippen LogP contribution in [0.25, 0.3) is 0 Å². The number of rotatable bonds is 4. The second kappa shape index (κ2) is 6.19. The van der Waals surface area contributed by atoms with E-state index in [9.17, 15) is 4.79 Å². The van der Waals surface area contributed by atoms with Crippen molar-refractivity contribution in [3.05, 3.63) is 53.7 Å². The lowest BCUT2D eigenvalue weighted by Crippen LogP contribution is -2.27. The van der Waals surface area contributed by atoms with Gasteiger partial charge in [-0.15, -0.1) is 0 Å². The molecule has 0 saturated carbocycles. The zero-order valence-corrected chi connectivity index (χ0v) is 12.1. The maximum absolute atomic E-state index is 12.5. The van der Waals surface area contributed by atoms with Gasteiger partial charge in [-0.3, -0.25) is 9.69 Å². The molecule has 2 rings (SSSR count). The predicted molar refractivity (Wildman–Crippen MR) is 82.3 cm³/mol. The van der Waals surface area contributed by atoms with Gasteiger partial charge < -0.3 is 5.32 Å². The third kappa shape index (κ3) is 2.96. The molecule has 0 atom stereocenters. The van der Waals surface area contributed by atoms with Crippen molar-refractivity contribution < 1.29 is 4.79 Å². The van der Waals surface area contributed by atoms with Gasteiger partial charge in [0.25, 0.3) is 5.91 Å². The second-order valence-electron chi connectivity index (χ2n) is 4.61. The molecule has 0 bridgehead atoms. The smallest absolute Gasteiger partial charge is 0.259 e. The minimum absolute atomic E-state index is 0.0516. The highest BCUT2D eigenvalue weighted by Crippen LogP contribution is 2.18. The van der Waals surface area contributed by atoms with Crippen molar-refractivity contribution in [2.24, 2.45) is 0 Å². The van der Waals surface area contributed by atoms with E-state index in [0.29, 0.717) is 11.4 Å². The van der Waals surface area contributed by atoms with E-state index in [4.69, 9.17) is 0 Å². The minimum atomic E-state index is -0.0516. The van der Waals surface area contributed by atoms with Crippen molar-refractivity contribution in [1.29, 1.82) is 0 Å². The summed E-state index contributed by atoms with van der Waals surface area (Å²) in [5.74, 6) is 0.594. The van der Waals surface area contributed by atoms with Crippen molar-refractivity contribution in [2.75, 3.05) is 23.8 Å². The fraction of sp³-hybridized carbons (Fsp3) is 0.250. The molecule has 0 aliphatic rings. The Hall–Kier alpha value is -2.36. The van der Waals surface area contributed by atoms with Crippen LogP contribution < -0.4 is 10.2 Å². The molecule has 1 heterocycles. The van der Waals surface area contributed by atoms with E-state index < -0.39 is 0 Å². The number of hydrogen-bond donors (Lipinski definition) is 1. The first-order valence-electron chi connectivity index (χ1n) is 6.67. The van der Waals surface area contributed by atoms with Crippen LogP contribution in [0, 0.1) is 6.92 Å². The van der Waals surface area contributed by atoms with E-state index in [0.717, 1.165) is 17.8 Å². The summed E-state index contributed by atoms with van der Waals surface area (Å²) in [6, 6.07) is 11.3. The molecule has 0 spiro atoms. The summed E-state index contributed by atoms with van der Waals surface area (Å²) in [6.45, 7) is 4.85. The number of carbonyl (C=O) groups is 1. The lowest BCUT2D eigenvalue weighted by Gasteiger charge is -2.17. The van der Waals surface area contributed by atoms with Crippen molar-refractivity contribution in [3.8, 4) is 0 Å². The summed E-state index contributed by atoms with van der Waals surface area (Å²) in [5, 5.41) is 3.24. The number of anilines is 2. The summed E-state index contributed by atoms with van der Waals surface area (Å²) in [7, 11) is 1.74. The van der Waals surface area contributed by atoms with E-state index in [1.165, 1.54) is 0 Å². The van der Waals surface area contributed by atoms with Gasteiger partial charge in [-0.05, 0) is 49.7 Å². The molecule has 104 valence electrons. The Morgan fingerprint density at radius 3 is 2.70 bits per heavy atom. The van der Waals surface area contributed by atoms with Crippen molar-refractivity contribution >= 4 is 17.4 Å². The molecular formula is C16H19N3O. The minimum Gasteiger partial charge on any atom is -0.385 e. The molecule has 4 heteroatoms. The zero-order valence-electron chi connectivity index (χ0n) is 12.1. The van der Waals surface area contributed by atoms with Gasteiger partial charge in [0.05, 0.1) is 0 Å². The van der Waals surface area contributed by atoms with Crippen molar-refractivity contribution in [1.82, 2.24) is 4.98 Å². The molecule has 20 heavy (non-hydrogen) atoms. The highest BCUT2D eigenvalue weighted by Gasteiger charge is 2.16. The van der Waals surface area contributed by atoms with Crippen LogP contribution in [0.5, 0.6) is 0 Å². The zero-order chi connectivity index (χ0) is 14.5. The normalized spacial score (nSPS) is 10.2. The van der Waals surface area contributed by atoms with Crippen LogP contribution in [0.2, 0.25) is 0 Å². The number of carbonyl (C=O) groups excluding carboxylic acids is 1. The average molecular weight is 269 g/mol. The fourth-order valence-electron chi connectivity index (χ4n) is 2.05. The van der Waals surface area contributed by atoms with Gasteiger partial charge in [0, 0.05) is 31.0 Å². The van der Waals surface area contributed by atoms with Crippen molar-refractivity contribution in [2.45, 2.75) is 13.8 Å². The number of aromatic nitrogens is 1. The van der Waals surface area contributed by atoms with Crippen LogP contribution in [-0.2, 0) is 0 Å². The SMILES string of the molecule is CCNc1ccc(C(=O)N(C)c2ccccn2)c(C)c1. The number of pyridine rings is 1. The van der Waals surface area contributed by atoms with E-state index in [1.807, 2.05) is 50.2 Å².